The lowest BCUT2D eigenvalue weighted by Crippen LogP contribution is -2.42. The third-order valence-electron chi connectivity index (χ3n) is 2.00. The number of nitrogens with one attached hydrogen (secondary N) is 2. The van der Waals surface area contributed by atoms with Crippen LogP contribution in [0.2, 0.25) is 0 Å². The van der Waals surface area contributed by atoms with Crippen molar-refractivity contribution in [3.63, 3.8) is 0 Å². The Kier molecular flexibility index (Phi) is 4.83. The number of aromatic nitrogens is 2. The molecule has 3 N–H and O–H groups in total. The van der Waals surface area contributed by atoms with E-state index in [-0.39, 0.29) is 0 Å². The van der Waals surface area contributed by atoms with Crippen LogP contribution in [0.1, 0.15) is 25.3 Å². The summed E-state index contributed by atoms with van der Waals surface area (Å²) >= 11 is 1.26. The van der Waals surface area contributed by atoms with Crippen molar-refractivity contribution in [2.45, 2.75) is 32.7 Å². The Morgan fingerprint density at radius 2 is 2.12 bits per heavy atom. The highest BCUT2D eigenvalue weighted by atomic mass is 32.1. The molecule has 1 heterocycles. The average Bonchev–Trinajstić information content (AvgIpc) is 2.73. The normalized spacial score (nSPS) is 11.9. The second-order valence-corrected chi connectivity index (χ2v) is 4.31. The van der Waals surface area contributed by atoms with Crippen LogP contribution in [0.15, 0.2) is 0 Å². The maximum atomic E-state index is 11.4. The predicted octanol–water partition coefficient (Wildman–Crippen LogP) is 1.09. The van der Waals surface area contributed by atoms with Gasteiger partial charge in [0.1, 0.15) is 11.0 Å². The van der Waals surface area contributed by atoms with Crippen LogP contribution in [0, 0.1) is 0 Å². The molecule has 0 fully saturated rings. The number of hydrogen-bond donors (Lipinski definition) is 3. The van der Waals surface area contributed by atoms with Gasteiger partial charge < -0.3 is 10.4 Å². The number of aliphatic carboxylic acids is 1. The number of carboxylic acids is 1. The van der Waals surface area contributed by atoms with E-state index in [1.54, 1.807) is 6.92 Å². The highest BCUT2D eigenvalue weighted by Gasteiger charge is 2.18. The SMILES string of the molecule is CCc1nnc(NC(=O)N[C@H](CC)C(=O)O)s1. The van der Waals surface area contributed by atoms with E-state index in [0.717, 1.165) is 11.4 Å². The van der Waals surface area contributed by atoms with Gasteiger partial charge in [-0.05, 0) is 12.8 Å². The molecule has 0 unspecified atom stereocenters. The standard InChI is InChI=1S/C9H14N4O3S/c1-3-5(7(14)15)10-8(16)11-9-13-12-6(4-2)17-9/h5H,3-4H2,1-2H3,(H,14,15)(H2,10,11,13,16)/t5-/m1/s1. The molecule has 0 saturated carbocycles. The Bertz CT molecular complexity index is 407. The summed E-state index contributed by atoms with van der Waals surface area (Å²) in [5, 5.41) is 22.3. The summed E-state index contributed by atoms with van der Waals surface area (Å²) in [5.41, 5.74) is 0. The number of urea groups is 1. The van der Waals surface area contributed by atoms with Gasteiger partial charge in [0.05, 0.1) is 0 Å². The lowest BCUT2D eigenvalue weighted by Gasteiger charge is -2.11. The molecule has 17 heavy (non-hydrogen) atoms. The van der Waals surface area contributed by atoms with Crippen LogP contribution in [0.4, 0.5) is 9.93 Å². The second kappa shape index (κ2) is 6.14. The van der Waals surface area contributed by atoms with Crippen LogP contribution in [0.25, 0.3) is 0 Å². The van der Waals surface area contributed by atoms with Crippen molar-refractivity contribution < 1.29 is 14.7 Å². The van der Waals surface area contributed by atoms with Crippen LogP contribution in [-0.4, -0.2) is 33.3 Å². The van der Waals surface area contributed by atoms with E-state index >= 15 is 0 Å². The van der Waals surface area contributed by atoms with E-state index < -0.39 is 18.0 Å². The zero-order valence-electron chi connectivity index (χ0n) is 9.56. The van der Waals surface area contributed by atoms with E-state index in [0.29, 0.717) is 11.6 Å². The zero-order chi connectivity index (χ0) is 12.8. The Balaban J connectivity index is 2.51. The Labute approximate surface area is 102 Å². The summed E-state index contributed by atoms with van der Waals surface area (Å²) < 4.78 is 0. The van der Waals surface area contributed by atoms with Gasteiger partial charge in [0.15, 0.2) is 0 Å². The van der Waals surface area contributed by atoms with Crippen LogP contribution >= 0.6 is 11.3 Å². The molecule has 0 saturated heterocycles. The highest BCUT2D eigenvalue weighted by molar-refractivity contribution is 7.15. The molecule has 0 bridgehead atoms. The van der Waals surface area contributed by atoms with Crippen molar-refractivity contribution in [3.8, 4) is 0 Å². The van der Waals surface area contributed by atoms with Gasteiger partial charge in [0.25, 0.3) is 0 Å². The summed E-state index contributed by atoms with van der Waals surface area (Å²) in [6, 6.07) is -1.48. The van der Waals surface area contributed by atoms with Gasteiger partial charge in [-0.3, -0.25) is 5.32 Å². The van der Waals surface area contributed by atoms with Gasteiger partial charge in [-0.2, -0.15) is 0 Å². The molecule has 7 nitrogen and oxygen atoms in total. The first-order valence-corrected chi connectivity index (χ1v) is 6.01. The third-order valence-corrected chi connectivity index (χ3v) is 2.98. The van der Waals surface area contributed by atoms with Gasteiger partial charge in [0.2, 0.25) is 5.13 Å². The zero-order valence-corrected chi connectivity index (χ0v) is 10.4. The fourth-order valence-corrected chi connectivity index (χ4v) is 1.75. The first-order chi connectivity index (χ1) is 8.06. The minimum Gasteiger partial charge on any atom is -0.480 e. The molecule has 1 atom stereocenters. The van der Waals surface area contributed by atoms with Gasteiger partial charge in [-0.15, -0.1) is 10.2 Å². The summed E-state index contributed by atoms with van der Waals surface area (Å²) in [5.74, 6) is -1.06. The molecule has 0 spiro atoms. The van der Waals surface area contributed by atoms with Crippen molar-refractivity contribution in [2.24, 2.45) is 0 Å². The molecule has 8 heteroatoms. The van der Waals surface area contributed by atoms with Crippen LogP contribution in [-0.2, 0) is 11.2 Å². The number of aryl methyl sites for hydroxylation is 1. The predicted molar refractivity (Wildman–Crippen MR) is 63.2 cm³/mol. The van der Waals surface area contributed by atoms with Crippen molar-refractivity contribution >= 4 is 28.5 Å². The van der Waals surface area contributed by atoms with E-state index in [4.69, 9.17) is 5.11 Å². The van der Waals surface area contributed by atoms with E-state index in [9.17, 15) is 9.59 Å². The molecule has 1 aromatic rings. The topological polar surface area (TPSA) is 104 Å². The lowest BCUT2D eigenvalue weighted by molar-refractivity contribution is -0.139. The molecular formula is C9H14N4O3S. The first-order valence-electron chi connectivity index (χ1n) is 5.19. The second-order valence-electron chi connectivity index (χ2n) is 3.25. The number of rotatable bonds is 5. The molecule has 0 radical (unpaired) electrons. The fraction of sp³-hybridized carbons (Fsp3) is 0.556. The van der Waals surface area contributed by atoms with Gasteiger partial charge in [0, 0.05) is 0 Å². The molecular weight excluding hydrogens is 244 g/mol. The number of carbonyl (C=O) groups is 2. The number of anilines is 1. The third kappa shape index (κ3) is 3.99. The van der Waals surface area contributed by atoms with Gasteiger partial charge in [-0.1, -0.05) is 25.2 Å². The first kappa shape index (κ1) is 13.4. The molecule has 0 aromatic carbocycles. The monoisotopic (exact) mass is 258 g/mol. The minimum absolute atomic E-state index is 0.319. The smallest absolute Gasteiger partial charge is 0.326 e. The lowest BCUT2D eigenvalue weighted by atomic mass is 10.2. The average molecular weight is 258 g/mol. The molecule has 0 aliphatic heterocycles. The van der Waals surface area contributed by atoms with Crippen molar-refractivity contribution in [2.75, 3.05) is 5.32 Å². The summed E-state index contributed by atoms with van der Waals surface area (Å²) in [6.07, 6.45) is 1.06. The molecule has 0 aliphatic carbocycles. The number of nitrogens with zero attached hydrogens (tertiary/aromatic N) is 2. The van der Waals surface area contributed by atoms with Crippen LogP contribution in [0.3, 0.4) is 0 Å². The van der Waals surface area contributed by atoms with Crippen LogP contribution in [0.5, 0.6) is 0 Å². The maximum Gasteiger partial charge on any atom is 0.326 e. The van der Waals surface area contributed by atoms with Gasteiger partial charge >= 0.3 is 12.0 Å². The molecule has 0 aliphatic rings. The van der Waals surface area contributed by atoms with Crippen molar-refractivity contribution in [1.82, 2.24) is 15.5 Å². The number of carbonyl (C=O) groups excluding carboxylic acids is 1. The van der Waals surface area contributed by atoms with Gasteiger partial charge in [-0.25, -0.2) is 9.59 Å². The Hall–Kier alpha value is -1.70. The molecule has 1 aromatic heterocycles. The Morgan fingerprint density at radius 3 is 2.59 bits per heavy atom. The molecule has 94 valence electrons. The fourth-order valence-electron chi connectivity index (χ4n) is 1.08. The largest absolute Gasteiger partial charge is 0.480 e. The van der Waals surface area contributed by atoms with Crippen molar-refractivity contribution in [3.05, 3.63) is 5.01 Å². The molecule has 2 amide bonds. The quantitative estimate of drug-likeness (QED) is 0.733. The van der Waals surface area contributed by atoms with E-state index in [1.165, 1.54) is 11.3 Å². The molecule has 1 rings (SSSR count). The summed E-state index contributed by atoms with van der Waals surface area (Å²) in [7, 11) is 0. The highest BCUT2D eigenvalue weighted by Crippen LogP contribution is 2.14. The van der Waals surface area contributed by atoms with E-state index in [1.807, 2.05) is 6.92 Å². The van der Waals surface area contributed by atoms with Crippen LogP contribution < -0.4 is 10.6 Å². The Morgan fingerprint density at radius 1 is 1.41 bits per heavy atom. The summed E-state index contributed by atoms with van der Waals surface area (Å²) in [4.78, 5) is 22.1. The summed E-state index contributed by atoms with van der Waals surface area (Å²) in [6.45, 7) is 3.61. The number of amides is 2. The van der Waals surface area contributed by atoms with Crippen molar-refractivity contribution in [1.29, 1.82) is 0 Å². The minimum atomic E-state index is -1.06. The van der Waals surface area contributed by atoms with E-state index in [2.05, 4.69) is 20.8 Å². The maximum absolute atomic E-state index is 11.4. The number of carboxylic acid groups (broad SMARTS) is 1. The number of hydrogen-bond acceptors (Lipinski definition) is 5.